The lowest BCUT2D eigenvalue weighted by Gasteiger charge is -2.25. The fourth-order valence-electron chi connectivity index (χ4n) is 3.05. The maximum atomic E-state index is 3.82. The largest absolute Gasteiger partial charge is 0.307 e. The van der Waals surface area contributed by atoms with Gasteiger partial charge in [0.1, 0.15) is 0 Å². The first-order valence-corrected chi connectivity index (χ1v) is 7.32. The van der Waals surface area contributed by atoms with Gasteiger partial charge in [-0.15, -0.1) is 0 Å². The van der Waals surface area contributed by atoms with Crippen molar-refractivity contribution in [2.45, 2.75) is 59.5 Å². The van der Waals surface area contributed by atoms with E-state index in [0.29, 0.717) is 12.1 Å². The Labute approximate surface area is 112 Å². The van der Waals surface area contributed by atoms with Gasteiger partial charge in [-0.05, 0) is 62.1 Å². The van der Waals surface area contributed by atoms with Crippen molar-refractivity contribution in [2.24, 2.45) is 11.8 Å². The van der Waals surface area contributed by atoms with E-state index in [4.69, 9.17) is 0 Å². The van der Waals surface area contributed by atoms with E-state index >= 15 is 0 Å². The summed E-state index contributed by atoms with van der Waals surface area (Å²) in [6.07, 6.45) is 2.70. The van der Waals surface area contributed by atoms with Gasteiger partial charge in [-0.3, -0.25) is 0 Å². The lowest BCUT2D eigenvalue weighted by Crippen LogP contribution is -2.34. The molecule has 0 radical (unpaired) electrons. The van der Waals surface area contributed by atoms with Gasteiger partial charge in [-0.25, -0.2) is 0 Å². The second-order valence-corrected chi connectivity index (χ2v) is 6.25. The van der Waals surface area contributed by atoms with E-state index in [-0.39, 0.29) is 0 Å². The highest BCUT2D eigenvalue weighted by Crippen LogP contribution is 2.32. The van der Waals surface area contributed by atoms with E-state index in [1.165, 1.54) is 29.5 Å². The average molecular weight is 245 g/mol. The lowest BCUT2D eigenvalue weighted by molar-refractivity contribution is 0.347. The number of hydrogen-bond donors (Lipinski definition) is 1. The van der Waals surface area contributed by atoms with Crippen molar-refractivity contribution in [3.63, 3.8) is 0 Å². The molecule has 0 aromatic heterocycles. The summed E-state index contributed by atoms with van der Waals surface area (Å²) < 4.78 is 0. The molecule has 1 fully saturated rings. The Hall–Kier alpha value is -0.820. The van der Waals surface area contributed by atoms with E-state index in [9.17, 15) is 0 Å². The highest BCUT2D eigenvalue weighted by molar-refractivity contribution is 5.31. The average Bonchev–Trinajstić information content (AvgIpc) is 2.64. The van der Waals surface area contributed by atoms with Crippen LogP contribution in [0.4, 0.5) is 0 Å². The molecule has 4 atom stereocenters. The van der Waals surface area contributed by atoms with Crippen LogP contribution in [0.5, 0.6) is 0 Å². The maximum absolute atomic E-state index is 3.82. The molecule has 0 spiro atoms. The molecule has 0 bridgehead atoms. The molecule has 1 aliphatic carbocycles. The van der Waals surface area contributed by atoms with Gasteiger partial charge in [0.05, 0.1) is 0 Å². The predicted octanol–water partition coefficient (Wildman–Crippen LogP) is 4.39. The summed E-state index contributed by atoms with van der Waals surface area (Å²) in [4.78, 5) is 0. The molecule has 1 heteroatoms. The van der Waals surface area contributed by atoms with Gasteiger partial charge < -0.3 is 5.32 Å². The molecule has 1 aliphatic rings. The van der Waals surface area contributed by atoms with Gasteiger partial charge in [0.2, 0.25) is 0 Å². The number of aryl methyl sites for hydroxylation is 2. The Morgan fingerprint density at radius 1 is 1.11 bits per heavy atom. The van der Waals surface area contributed by atoms with E-state index in [0.717, 1.165) is 11.8 Å². The van der Waals surface area contributed by atoms with Crippen LogP contribution >= 0.6 is 0 Å². The van der Waals surface area contributed by atoms with Crippen molar-refractivity contribution in [3.05, 3.63) is 34.9 Å². The van der Waals surface area contributed by atoms with Crippen molar-refractivity contribution in [2.75, 3.05) is 0 Å². The monoisotopic (exact) mass is 245 g/mol. The third kappa shape index (κ3) is 2.77. The summed E-state index contributed by atoms with van der Waals surface area (Å²) in [5.74, 6) is 1.67. The van der Waals surface area contributed by atoms with E-state index in [2.05, 4.69) is 58.1 Å². The molecule has 1 nitrogen and oxygen atoms in total. The highest BCUT2D eigenvalue weighted by Gasteiger charge is 2.30. The van der Waals surface area contributed by atoms with Crippen LogP contribution in [0.3, 0.4) is 0 Å². The molecule has 2 rings (SSSR count). The minimum absolute atomic E-state index is 0.460. The Bertz CT molecular complexity index is 410. The third-order valence-corrected chi connectivity index (χ3v) is 4.96. The predicted molar refractivity (Wildman–Crippen MR) is 78.8 cm³/mol. The van der Waals surface area contributed by atoms with Gasteiger partial charge in [0, 0.05) is 12.1 Å². The molecule has 1 aromatic rings. The maximum Gasteiger partial charge on any atom is 0.0294 e. The van der Waals surface area contributed by atoms with Crippen LogP contribution in [0.15, 0.2) is 18.2 Å². The first-order chi connectivity index (χ1) is 8.49. The summed E-state index contributed by atoms with van der Waals surface area (Å²) in [6, 6.07) is 7.99. The van der Waals surface area contributed by atoms with Gasteiger partial charge >= 0.3 is 0 Å². The molecule has 0 amide bonds. The second kappa shape index (κ2) is 5.44. The van der Waals surface area contributed by atoms with Crippen LogP contribution < -0.4 is 5.32 Å². The Kier molecular flexibility index (Phi) is 4.11. The van der Waals surface area contributed by atoms with Crippen molar-refractivity contribution in [1.29, 1.82) is 0 Å². The zero-order valence-corrected chi connectivity index (χ0v) is 12.5. The zero-order chi connectivity index (χ0) is 13.3. The third-order valence-electron chi connectivity index (χ3n) is 4.96. The summed E-state index contributed by atoms with van der Waals surface area (Å²) in [5, 5.41) is 3.82. The van der Waals surface area contributed by atoms with E-state index < -0.39 is 0 Å². The van der Waals surface area contributed by atoms with E-state index in [1.54, 1.807) is 0 Å². The first-order valence-electron chi connectivity index (χ1n) is 7.32. The summed E-state index contributed by atoms with van der Waals surface area (Å²) in [6.45, 7) is 11.4. The molecule has 100 valence electrons. The van der Waals surface area contributed by atoms with Gasteiger partial charge in [-0.1, -0.05) is 32.0 Å². The standard InChI is InChI=1S/C17H27N/c1-11-6-8-16(10-13(11)3)15(5)18-17-9-7-12(2)14(17)4/h6,8,10,12,14-15,17-18H,7,9H2,1-5H3. The fraction of sp³-hybridized carbons (Fsp3) is 0.647. The quantitative estimate of drug-likeness (QED) is 0.833. The van der Waals surface area contributed by atoms with Gasteiger partial charge in [-0.2, -0.15) is 0 Å². The van der Waals surface area contributed by atoms with Crippen molar-refractivity contribution in [3.8, 4) is 0 Å². The topological polar surface area (TPSA) is 12.0 Å². The molecule has 4 unspecified atom stereocenters. The van der Waals surface area contributed by atoms with Crippen LogP contribution in [0.2, 0.25) is 0 Å². The summed E-state index contributed by atoms with van der Waals surface area (Å²) in [5.41, 5.74) is 4.20. The number of nitrogens with one attached hydrogen (secondary N) is 1. The van der Waals surface area contributed by atoms with Crippen LogP contribution in [0.25, 0.3) is 0 Å². The van der Waals surface area contributed by atoms with Crippen LogP contribution in [-0.4, -0.2) is 6.04 Å². The number of rotatable bonds is 3. The Morgan fingerprint density at radius 2 is 1.83 bits per heavy atom. The minimum Gasteiger partial charge on any atom is -0.307 e. The first kappa shape index (κ1) is 13.6. The molecule has 0 aliphatic heterocycles. The Morgan fingerprint density at radius 3 is 2.39 bits per heavy atom. The zero-order valence-electron chi connectivity index (χ0n) is 12.5. The van der Waals surface area contributed by atoms with Crippen molar-refractivity contribution < 1.29 is 0 Å². The molecular weight excluding hydrogens is 218 g/mol. The second-order valence-electron chi connectivity index (χ2n) is 6.25. The molecule has 1 saturated carbocycles. The van der Waals surface area contributed by atoms with Crippen LogP contribution in [0, 0.1) is 25.7 Å². The lowest BCUT2D eigenvalue weighted by atomic mass is 9.96. The normalized spacial score (nSPS) is 29.5. The summed E-state index contributed by atoms with van der Waals surface area (Å²) >= 11 is 0. The van der Waals surface area contributed by atoms with Crippen molar-refractivity contribution >= 4 is 0 Å². The molecule has 18 heavy (non-hydrogen) atoms. The number of benzene rings is 1. The van der Waals surface area contributed by atoms with Crippen LogP contribution in [0.1, 0.15) is 56.3 Å². The van der Waals surface area contributed by atoms with E-state index in [1.807, 2.05) is 0 Å². The summed E-state index contributed by atoms with van der Waals surface area (Å²) in [7, 11) is 0. The molecule has 1 aromatic carbocycles. The van der Waals surface area contributed by atoms with Crippen LogP contribution in [-0.2, 0) is 0 Å². The smallest absolute Gasteiger partial charge is 0.0294 e. The van der Waals surface area contributed by atoms with Gasteiger partial charge in [0.25, 0.3) is 0 Å². The molecule has 0 saturated heterocycles. The SMILES string of the molecule is Cc1ccc(C(C)NC2CCC(C)C2C)cc1C. The Balaban J connectivity index is 2.03. The molecular formula is C17H27N. The highest BCUT2D eigenvalue weighted by atomic mass is 15.0. The van der Waals surface area contributed by atoms with Gasteiger partial charge in [0.15, 0.2) is 0 Å². The minimum atomic E-state index is 0.460. The molecule has 1 N–H and O–H groups in total. The van der Waals surface area contributed by atoms with Crippen molar-refractivity contribution in [1.82, 2.24) is 5.32 Å². The molecule has 0 heterocycles. The number of hydrogen-bond acceptors (Lipinski definition) is 1. The fourth-order valence-corrected chi connectivity index (χ4v) is 3.05.